The van der Waals surface area contributed by atoms with E-state index in [-0.39, 0.29) is 19.1 Å². The molecule has 0 aromatic carbocycles. The van der Waals surface area contributed by atoms with Gasteiger partial charge in [0, 0.05) is 7.05 Å². The Labute approximate surface area is 92.6 Å². The maximum Gasteiger partial charge on any atom is 0.269 e. The summed E-state index contributed by atoms with van der Waals surface area (Å²) < 4.78 is 19.6. The van der Waals surface area contributed by atoms with Crippen molar-refractivity contribution in [3.8, 4) is 0 Å². The van der Waals surface area contributed by atoms with Gasteiger partial charge in [0.25, 0.3) is 5.91 Å². The quantitative estimate of drug-likeness (QED) is 0.785. The highest BCUT2D eigenvalue weighted by Gasteiger charge is 2.30. The average Bonchev–Trinajstić information content (AvgIpc) is 2.74. The molecular formula is C10H14FN3O2. The number of aryl methyl sites for hydroxylation is 2. The van der Waals surface area contributed by atoms with Crippen LogP contribution < -0.4 is 5.32 Å². The number of nitrogens with zero attached hydrogens (tertiary/aromatic N) is 2. The van der Waals surface area contributed by atoms with Crippen LogP contribution in [0, 0.1) is 6.92 Å². The maximum absolute atomic E-state index is 13.2. The van der Waals surface area contributed by atoms with Gasteiger partial charge in [0.1, 0.15) is 11.9 Å². The molecule has 88 valence electrons. The van der Waals surface area contributed by atoms with Crippen molar-refractivity contribution in [3.05, 3.63) is 17.5 Å². The molecule has 0 radical (unpaired) electrons. The summed E-state index contributed by atoms with van der Waals surface area (Å²) in [5, 5.41) is 6.66. The number of ether oxygens (including phenoxy) is 1. The van der Waals surface area contributed by atoms with Crippen LogP contribution in [0.3, 0.4) is 0 Å². The van der Waals surface area contributed by atoms with Crippen molar-refractivity contribution in [2.45, 2.75) is 19.1 Å². The highest BCUT2D eigenvalue weighted by molar-refractivity contribution is 5.92. The number of hydrogen-bond donors (Lipinski definition) is 1. The number of amides is 1. The standard InChI is InChI=1S/C10H14FN3O2/c1-6-3-9(14(2)13-6)10(15)12-8-5-16-4-7(8)11/h3,7-8H,4-5H2,1-2H3,(H,12,15). The number of carbonyl (C=O) groups is 1. The van der Waals surface area contributed by atoms with Crippen LogP contribution in [0.5, 0.6) is 0 Å². The molecule has 1 N–H and O–H groups in total. The molecule has 0 spiro atoms. The summed E-state index contributed by atoms with van der Waals surface area (Å²) in [4.78, 5) is 11.8. The fourth-order valence-corrected chi connectivity index (χ4v) is 1.73. The molecule has 2 heterocycles. The van der Waals surface area contributed by atoms with Crippen molar-refractivity contribution < 1.29 is 13.9 Å². The summed E-state index contributed by atoms with van der Waals surface area (Å²) in [6.07, 6.45) is -1.13. The summed E-state index contributed by atoms with van der Waals surface area (Å²) in [6, 6.07) is 1.11. The first-order chi connectivity index (χ1) is 7.58. The van der Waals surface area contributed by atoms with Crippen molar-refractivity contribution in [1.29, 1.82) is 0 Å². The molecule has 0 bridgehead atoms. The third-order valence-corrected chi connectivity index (χ3v) is 2.56. The summed E-state index contributed by atoms with van der Waals surface area (Å²) in [6.45, 7) is 2.08. The summed E-state index contributed by atoms with van der Waals surface area (Å²) in [5.41, 5.74) is 1.18. The van der Waals surface area contributed by atoms with Gasteiger partial charge in [-0.3, -0.25) is 9.48 Å². The molecule has 1 amide bonds. The van der Waals surface area contributed by atoms with Gasteiger partial charge >= 0.3 is 0 Å². The van der Waals surface area contributed by atoms with Crippen LogP contribution in [0.15, 0.2) is 6.07 Å². The van der Waals surface area contributed by atoms with Crippen LogP contribution in [-0.4, -0.2) is 41.1 Å². The first-order valence-electron chi connectivity index (χ1n) is 5.11. The lowest BCUT2D eigenvalue weighted by molar-refractivity contribution is 0.0911. The van der Waals surface area contributed by atoms with Crippen LogP contribution in [0.25, 0.3) is 0 Å². The summed E-state index contributed by atoms with van der Waals surface area (Å²) in [5.74, 6) is -0.318. The van der Waals surface area contributed by atoms with Crippen molar-refractivity contribution in [2.75, 3.05) is 13.2 Å². The van der Waals surface area contributed by atoms with Gasteiger partial charge in [0.2, 0.25) is 0 Å². The van der Waals surface area contributed by atoms with E-state index in [1.54, 1.807) is 20.0 Å². The van der Waals surface area contributed by atoms with Gasteiger partial charge < -0.3 is 10.1 Å². The monoisotopic (exact) mass is 227 g/mol. The highest BCUT2D eigenvalue weighted by atomic mass is 19.1. The van der Waals surface area contributed by atoms with Gasteiger partial charge in [-0.15, -0.1) is 0 Å². The van der Waals surface area contributed by atoms with Crippen LogP contribution in [0.1, 0.15) is 16.2 Å². The van der Waals surface area contributed by atoms with Gasteiger partial charge in [-0.25, -0.2) is 4.39 Å². The molecule has 1 saturated heterocycles. The van der Waals surface area contributed by atoms with Crippen molar-refractivity contribution >= 4 is 5.91 Å². The van der Waals surface area contributed by atoms with E-state index in [9.17, 15) is 9.18 Å². The second-order valence-corrected chi connectivity index (χ2v) is 3.93. The average molecular weight is 227 g/mol. The van der Waals surface area contributed by atoms with E-state index in [0.717, 1.165) is 5.69 Å². The molecule has 1 fully saturated rings. The van der Waals surface area contributed by atoms with Crippen LogP contribution in [-0.2, 0) is 11.8 Å². The molecule has 16 heavy (non-hydrogen) atoms. The van der Waals surface area contributed by atoms with E-state index in [1.165, 1.54) is 4.68 Å². The third kappa shape index (κ3) is 2.06. The first-order valence-corrected chi connectivity index (χ1v) is 5.11. The largest absolute Gasteiger partial charge is 0.376 e. The topological polar surface area (TPSA) is 56.1 Å². The Morgan fingerprint density at radius 2 is 2.44 bits per heavy atom. The number of carbonyl (C=O) groups excluding carboxylic acids is 1. The van der Waals surface area contributed by atoms with Crippen molar-refractivity contribution in [3.63, 3.8) is 0 Å². The Kier molecular flexibility index (Phi) is 2.91. The zero-order valence-corrected chi connectivity index (χ0v) is 9.24. The fraction of sp³-hybridized carbons (Fsp3) is 0.600. The van der Waals surface area contributed by atoms with Gasteiger partial charge in [-0.1, -0.05) is 0 Å². The molecule has 1 aliphatic rings. The fourth-order valence-electron chi connectivity index (χ4n) is 1.73. The smallest absolute Gasteiger partial charge is 0.269 e. The van der Waals surface area contributed by atoms with Crippen LogP contribution >= 0.6 is 0 Å². The molecule has 2 rings (SSSR count). The van der Waals surface area contributed by atoms with Gasteiger partial charge in [0.05, 0.1) is 24.9 Å². The number of alkyl halides is 1. The van der Waals surface area contributed by atoms with E-state index in [0.29, 0.717) is 5.69 Å². The molecular weight excluding hydrogens is 213 g/mol. The molecule has 1 aliphatic heterocycles. The molecule has 0 aliphatic carbocycles. The highest BCUT2D eigenvalue weighted by Crippen LogP contribution is 2.10. The van der Waals surface area contributed by atoms with Gasteiger partial charge in [0.15, 0.2) is 0 Å². The lowest BCUT2D eigenvalue weighted by Gasteiger charge is -2.12. The Hall–Kier alpha value is -1.43. The predicted molar refractivity (Wildman–Crippen MR) is 54.9 cm³/mol. The van der Waals surface area contributed by atoms with E-state index in [1.807, 2.05) is 0 Å². The van der Waals surface area contributed by atoms with E-state index < -0.39 is 12.2 Å². The minimum atomic E-state index is -1.13. The summed E-state index contributed by atoms with van der Waals surface area (Å²) >= 11 is 0. The normalized spacial score (nSPS) is 24.7. The minimum absolute atomic E-state index is 0.0510. The van der Waals surface area contributed by atoms with E-state index in [2.05, 4.69) is 10.4 Å². The Bertz CT molecular complexity index is 405. The number of nitrogens with one attached hydrogen (secondary N) is 1. The van der Waals surface area contributed by atoms with Crippen molar-refractivity contribution in [1.82, 2.24) is 15.1 Å². The Morgan fingerprint density at radius 1 is 1.69 bits per heavy atom. The predicted octanol–water partition coefficient (Wildman–Crippen LogP) is 0.195. The number of halogens is 1. The van der Waals surface area contributed by atoms with Gasteiger partial charge in [-0.05, 0) is 13.0 Å². The number of aromatic nitrogens is 2. The Balaban J connectivity index is 2.05. The van der Waals surface area contributed by atoms with Crippen LogP contribution in [0.2, 0.25) is 0 Å². The first kappa shape index (κ1) is 11.1. The second kappa shape index (κ2) is 4.21. The third-order valence-electron chi connectivity index (χ3n) is 2.56. The second-order valence-electron chi connectivity index (χ2n) is 3.93. The van der Waals surface area contributed by atoms with Crippen LogP contribution in [0.4, 0.5) is 4.39 Å². The van der Waals surface area contributed by atoms with E-state index >= 15 is 0 Å². The Morgan fingerprint density at radius 3 is 2.94 bits per heavy atom. The number of hydrogen-bond acceptors (Lipinski definition) is 3. The molecule has 1 aromatic heterocycles. The summed E-state index contributed by atoms with van der Waals surface area (Å²) in [7, 11) is 1.68. The molecule has 2 atom stereocenters. The lowest BCUT2D eigenvalue weighted by Crippen LogP contribution is -2.41. The minimum Gasteiger partial charge on any atom is -0.376 e. The number of rotatable bonds is 2. The van der Waals surface area contributed by atoms with Gasteiger partial charge in [-0.2, -0.15) is 5.10 Å². The molecule has 5 nitrogen and oxygen atoms in total. The molecule has 2 unspecified atom stereocenters. The zero-order chi connectivity index (χ0) is 11.7. The molecule has 1 aromatic rings. The van der Waals surface area contributed by atoms with Crippen molar-refractivity contribution in [2.24, 2.45) is 7.05 Å². The SMILES string of the molecule is Cc1cc(C(=O)NC2COCC2F)n(C)n1. The maximum atomic E-state index is 13.2. The molecule has 6 heteroatoms. The van der Waals surface area contributed by atoms with E-state index in [4.69, 9.17) is 4.74 Å². The zero-order valence-electron chi connectivity index (χ0n) is 9.24. The molecule has 0 saturated carbocycles. The lowest BCUT2D eigenvalue weighted by atomic mass is 10.2.